The van der Waals surface area contributed by atoms with Gasteiger partial charge in [-0.3, -0.25) is 9.59 Å². The summed E-state index contributed by atoms with van der Waals surface area (Å²) in [6, 6.07) is 0.754. The summed E-state index contributed by atoms with van der Waals surface area (Å²) in [7, 11) is 3.15. The Morgan fingerprint density at radius 3 is 1.89 bits per heavy atom. The third-order valence-corrected chi connectivity index (χ3v) is 6.51. The SMILES string of the molecule is CN[C@H](C(=O)N[C@H](C(=O)N(C)[C@H](/C=C(\C)C(=O)O)C(C)C)C(C)(C)C)C(C)(C)c1cc(F)cc(F)c1. The fourth-order valence-corrected chi connectivity index (χ4v) is 4.22. The van der Waals surface area contributed by atoms with Crippen LogP contribution in [0.15, 0.2) is 29.8 Å². The maximum atomic E-state index is 13.9. The van der Waals surface area contributed by atoms with E-state index in [9.17, 15) is 28.3 Å². The third-order valence-electron chi connectivity index (χ3n) is 6.51. The van der Waals surface area contributed by atoms with E-state index in [1.165, 1.54) is 30.0 Å². The van der Waals surface area contributed by atoms with E-state index in [0.29, 0.717) is 5.56 Å². The summed E-state index contributed by atoms with van der Waals surface area (Å²) in [6.07, 6.45) is 1.53. The molecule has 202 valence electrons. The molecule has 36 heavy (non-hydrogen) atoms. The van der Waals surface area contributed by atoms with Gasteiger partial charge in [0.15, 0.2) is 0 Å². The summed E-state index contributed by atoms with van der Waals surface area (Å²) in [5.41, 5.74) is -1.31. The van der Waals surface area contributed by atoms with Gasteiger partial charge in [-0.1, -0.05) is 54.5 Å². The van der Waals surface area contributed by atoms with E-state index in [2.05, 4.69) is 10.6 Å². The van der Waals surface area contributed by atoms with Crippen LogP contribution in [0.2, 0.25) is 0 Å². The number of hydrogen-bond donors (Lipinski definition) is 3. The molecule has 0 aromatic heterocycles. The molecule has 1 aromatic carbocycles. The zero-order valence-electron chi connectivity index (χ0n) is 23.0. The lowest BCUT2D eigenvalue weighted by Gasteiger charge is -2.40. The first-order valence-corrected chi connectivity index (χ1v) is 12.0. The summed E-state index contributed by atoms with van der Waals surface area (Å²) >= 11 is 0. The van der Waals surface area contributed by atoms with Crippen molar-refractivity contribution in [2.75, 3.05) is 14.1 Å². The van der Waals surface area contributed by atoms with Gasteiger partial charge < -0.3 is 20.6 Å². The average molecular weight is 510 g/mol. The second-order valence-electron chi connectivity index (χ2n) is 11.2. The van der Waals surface area contributed by atoms with Crippen LogP contribution in [-0.4, -0.2) is 60.0 Å². The average Bonchev–Trinajstić information content (AvgIpc) is 2.73. The Labute approximate surface area is 213 Å². The van der Waals surface area contributed by atoms with Crippen LogP contribution in [0.5, 0.6) is 0 Å². The molecular formula is C27H41F2N3O4. The molecule has 0 radical (unpaired) electrons. The molecule has 1 rings (SSSR count). The maximum absolute atomic E-state index is 13.9. The molecule has 0 unspecified atom stereocenters. The molecule has 0 bridgehead atoms. The van der Waals surface area contributed by atoms with Crippen LogP contribution in [0.25, 0.3) is 0 Å². The van der Waals surface area contributed by atoms with E-state index >= 15 is 0 Å². The molecule has 7 nitrogen and oxygen atoms in total. The standard InChI is InChI=1S/C27H41F2N3O4/c1-15(2)20(11-16(3)25(35)36)32(10)24(34)22(26(4,5)6)31-23(33)21(30-9)27(7,8)17-12-18(28)14-19(29)13-17/h11-15,20-22,30H,1-10H3,(H,31,33)(H,35,36)/b16-11+/t20-,21-,22-/m1/s1. The summed E-state index contributed by atoms with van der Waals surface area (Å²) < 4.78 is 27.8. The number of nitrogens with one attached hydrogen (secondary N) is 2. The lowest BCUT2D eigenvalue weighted by Crippen LogP contribution is -2.61. The Kier molecular flexibility index (Phi) is 10.4. The van der Waals surface area contributed by atoms with Crippen LogP contribution < -0.4 is 10.6 Å². The number of rotatable bonds is 10. The fourth-order valence-electron chi connectivity index (χ4n) is 4.22. The van der Waals surface area contributed by atoms with Crippen molar-refractivity contribution in [3.63, 3.8) is 0 Å². The van der Waals surface area contributed by atoms with Crippen LogP contribution in [0, 0.1) is 23.0 Å². The van der Waals surface area contributed by atoms with Gasteiger partial charge in [0, 0.05) is 24.1 Å². The zero-order valence-corrected chi connectivity index (χ0v) is 23.0. The number of benzene rings is 1. The van der Waals surface area contributed by atoms with Gasteiger partial charge in [0.25, 0.3) is 0 Å². The number of aliphatic carboxylic acids is 1. The molecule has 0 aliphatic rings. The van der Waals surface area contributed by atoms with Crippen molar-refractivity contribution in [3.8, 4) is 0 Å². The fraction of sp³-hybridized carbons (Fsp3) is 0.593. The monoisotopic (exact) mass is 509 g/mol. The number of hydrogen-bond acceptors (Lipinski definition) is 4. The molecule has 9 heteroatoms. The Morgan fingerprint density at radius 1 is 1.00 bits per heavy atom. The lowest BCUT2D eigenvalue weighted by atomic mass is 9.76. The Hall–Kier alpha value is -2.81. The molecule has 2 amide bonds. The minimum atomic E-state index is -1.07. The van der Waals surface area contributed by atoms with Crippen molar-refractivity contribution in [1.29, 1.82) is 0 Å². The molecule has 0 aliphatic heterocycles. The number of carbonyl (C=O) groups excluding carboxylic acids is 2. The number of halogens is 2. The minimum absolute atomic E-state index is 0.0866. The Morgan fingerprint density at radius 2 is 1.50 bits per heavy atom. The second kappa shape index (κ2) is 12.0. The van der Waals surface area contributed by atoms with Crippen molar-refractivity contribution >= 4 is 17.8 Å². The Bertz CT molecular complexity index is 979. The van der Waals surface area contributed by atoms with Crippen molar-refractivity contribution in [2.24, 2.45) is 11.3 Å². The molecule has 0 spiro atoms. The number of nitrogens with zero attached hydrogens (tertiary/aromatic N) is 1. The van der Waals surface area contributed by atoms with Crippen LogP contribution >= 0.6 is 0 Å². The van der Waals surface area contributed by atoms with Gasteiger partial charge >= 0.3 is 5.97 Å². The lowest BCUT2D eigenvalue weighted by molar-refractivity contribution is -0.141. The number of likely N-dealkylation sites (N-methyl/N-ethyl adjacent to an activating group) is 2. The van der Waals surface area contributed by atoms with E-state index in [4.69, 9.17) is 0 Å². The van der Waals surface area contributed by atoms with Crippen molar-refractivity contribution in [2.45, 2.75) is 78.9 Å². The highest BCUT2D eigenvalue weighted by atomic mass is 19.1. The second-order valence-corrected chi connectivity index (χ2v) is 11.2. The minimum Gasteiger partial charge on any atom is -0.478 e. The van der Waals surface area contributed by atoms with Gasteiger partial charge in [0.1, 0.15) is 17.7 Å². The number of carboxylic acid groups (broad SMARTS) is 1. The normalized spacial score (nSPS) is 15.3. The molecule has 0 heterocycles. The molecule has 0 fully saturated rings. The van der Waals surface area contributed by atoms with Crippen molar-refractivity contribution in [1.82, 2.24) is 15.5 Å². The van der Waals surface area contributed by atoms with Crippen LogP contribution in [-0.2, 0) is 19.8 Å². The number of carboxylic acids is 1. The topological polar surface area (TPSA) is 98.7 Å². The van der Waals surface area contributed by atoms with Gasteiger partial charge in [-0.2, -0.15) is 0 Å². The smallest absolute Gasteiger partial charge is 0.331 e. The largest absolute Gasteiger partial charge is 0.478 e. The first-order chi connectivity index (χ1) is 16.3. The van der Waals surface area contributed by atoms with Gasteiger partial charge in [-0.25, -0.2) is 13.6 Å². The van der Waals surface area contributed by atoms with Crippen LogP contribution in [0.3, 0.4) is 0 Å². The van der Waals surface area contributed by atoms with E-state index < -0.39 is 52.5 Å². The molecule has 0 saturated carbocycles. The van der Waals surface area contributed by atoms with E-state index in [1.807, 2.05) is 34.6 Å². The molecule has 3 atom stereocenters. The van der Waals surface area contributed by atoms with Crippen LogP contribution in [0.1, 0.15) is 61.0 Å². The molecule has 0 saturated heterocycles. The number of carbonyl (C=O) groups is 3. The van der Waals surface area contributed by atoms with E-state index in [-0.39, 0.29) is 17.4 Å². The third kappa shape index (κ3) is 7.59. The van der Waals surface area contributed by atoms with Gasteiger partial charge in [-0.05, 0) is 43.0 Å². The Balaban J connectivity index is 3.36. The molecule has 0 aliphatic carbocycles. The van der Waals surface area contributed by atoms with Crippen LogP contribution in [0.4, 0.5) is 8.78 Å². The van der Waals surface area contributed by atoms with Crippen molar-refractivity contribution in [3.05, 3.63) is 47.0 Å². The summed E-state index contributed by atoms with van der Waals surface area (Å²) in [6.45, 7) is 14.0. The summed E-state index contributed by atoms with van der Waals surface area (Å²) in [5.74, 6) is -3.54. The quantitative estimate of drug-likeness (QED) is 0.416. The molecule has 3 N–H and O–H groups in total. The molecule has 1 aromatic rings. The zero-order chi connectivity index (χ0) is 28.2. The van der Waals surface area contributed by atoms with Gasteiger partial charge in [0.05, 0.1) is 12.1 Å². The van der Waals surface area contributed by atoms with Crippen molar-refractivity contribution < 1.29 is 28.3 Å². The highest BCUT2D eigenvalue weighted by Gasteiger charge is 2.42. The maximum Gasteiger partial charge on any atom is 0.331 e. The first-order valence-electron chi connectivity index (χ1n) is 12.0. The predicted molar refractivity (Wildman–Crippen MR) is 136 cm³/mol. The molecular weight excluding hydrogens is 468 g/mol. The summed E-state index contributed by atoms with van der Waals surface area (Å²) in [4.78, 5) is 40.0. The predicted octanol–water partition coefficient (Wildman–Crippen LogP) is 3.88. The highest BCUT2D eigenvalue weighted by Crippen LogP contribution is 2.30. The van der Waals surface area contributed by atoms with E-state index in [0.717, 1.165) is 6.07 Å². The first kappa shape index (κ1) is 31.2. The summed E-state index contributed by atoms with van der Waals surface area (Å²) in [5, 5.41) is 15.1. The number of amides is 2. The van der Waals surface area contributed by atoms with Gasteiger partial charge in [0.2, 0.25) is 11.8 Å². The van der Waals surface area contributed by atoms with Gasteiger partial charge in [-0.15, -0.1) is 0 Å². The highest BCUT2D eigenvalue weighted by molar-refractivity contribution is 5.91. The van der Waals surface area contributed by atoms with E-state index in [1.54, 1.807) is 27.9 Å².